The molecule has 4 heteroatoms. The molecule has 4 rings (SSSR count). The van der Waals surface area contributed by atoms with E-state index in [4.69, 9.17) is 9.47 Å². The first-order valence-corrected chi connectivity index (χ1v) is 8.70. The molecule has 0 aliphatic carbocycles. The predicted octanol–water partition coefficient (Wildman–Crippen LogP) is 3.16. The number of aliphatic hydroxyl groups excluding tert-OH is 1. The third kappa shape index (κ3) is 3.12. The zero-order valence-electron chi connectivity index (χ0n) is 13.7. The number of rotatable bonds is 3. The van der Waals surface area contributed by atoms with E-state index in [1.54, 1.807) is 0 Å². The number of fused-ring (bicyclic) bond motifs is 1. The summed E-state index contributed by atoms with van der Waals surface area (Å²) >= 11 is 0. The molecule has 0 radical (unpaired) electrons. The molecule has 24 heavy (non-hydrogen) atoms. The number of aliphatic hydroxyl groups is 1. The summed E-state index contributed by atoms with van der Waals surface area (Å²) in [7, 11) is 0. The third-order valence-electron chi connectivity index (χ3n) is 4.91. The second kappa shape index (κ2) is 6.83. The monoisotopic (exact) mass is 325 g/mol. The summed E-state index contributed by atoms with van der Waals surface area (Å²) < 4.78 is 11.2. The summed E-state index contributed by atoms with van der Waals surface area (Å²) in [6, 6.07) is 14.2. The van der Waals surface area contributed by atoms with Crippen LogP contribution in [-0.4, -0.2) is 31.4 Å². The van der Waals surface area contributed by atoms with Gasteiger partial charge in [0.2, 0.25) is 0 Å². The Morgan fingerprint density at radius 2 is 1.71 bits per heavy atom. The number of nitrogens with one attached hydrogen (secondary N) is 1. The van der Waals surface area contributed by atoms with Gasteiger partial charge in [0.25, 0.3) is 0 Å². The van der Waals surface area contributed by atoms with E-state index in [-0.39, 0.29) is 0 Å². The average molecular weight is 325 g/mol. The molecule has 0 amide bonds. The zero-order chi connectivity index (χ0) is 16.4. The number of benzene rings is 2. The van der Waals surface area contributed by atoms with E-state index in [1.807, 2.05) is 30.3 Å². The molecule has 2 aromatic carbocycles. The predicted molar refractivity (Wildman–Crippen MR) is 93.4 cm³/mol. The van der Waals surface area contributed by atoms with Gasteiger partial charge in [-0.15, -0.1) is 0 Å². The Morgan fingerprint density at radius 1 is 0.958 bits per heavy atom. The largest absolute Gasteiger partial charge is 0.486 e. The molecule has 2 heterocycles. The summed E-state index contributed by atoms with van der Waals surface area (Å²) in [5.74, 6) is 1.91. The van der Waals surface area contributed by atoms with Crippen LogP contribution in [0.3, 0.4) is 0 Å². The molecule has 126 valence electrons. The Labute approximate surface area is 142 Å². The Kier molecular flexibility index (Phi) is 4.41. The molecule has 1 saturated heterocycles. The Morgan fingerprint density at radius 3 is 2.46 bits per heavy atom. The fraction of sp³-hybridized carbons (Fsp3) is 0.400. The molecule has 2 N–H and O–H groups in total. The van der Waals surface area contributed by atoms with Crippen LogP contribution in [0.4, 0.5) is 0 Å². The number of hydrogen-bond donors (Lipinski definition) is 2. The topological polar surface area (TPSA) is 50.7 Å². The van der Waals surface area contributed by atoms with E-state index in [9.17, 15) is 5.11 Å². The Bertz CT molecular complexity index is 693. The molecular weight excluding hydrogens is 302 g/mol. The fourth-order valence-corrected chi connectivity index (χ4v) is 3.52. The van der Waals surface area contributed by atoms with Crippen molar-refractivity contribution in [3.05, 3.63) is 48.0 Å². The van der Waals surface area contributed by atoms with Crippen molar-refractivity contribution < 1.29 is 14.6 Å². The van der Waals surface area contributed by atoms with Crippen LogP contribution in [0.15, 0.2) is 42.5 Å². The second-order valence-corrected chi connectivity index (χ2v) is 6.53. The average Bonchev–Trinajstić information content (AvgIpc) is 2.68. The fourth-order valence-electron chi connectivity index (χ4n) is 3.52. The summed E-state index contributed by atoms with van der Waals surface area (Å²) in [5, 5.41) is 14.0. The van der Waals surface area contributed by atoms with Crippen molar-refractivity contribution >= 4 is 0 Å². The number of ether oxygens (including phenoxy) is 2. The summed E-state index contributed by atoms with van der Waals surface area (Å²) in [6.45, 7) is 3.16. The standard InChI is InChI=1S/C20H23NO3/c22-20(17-2-1-9-21-13-17)15-5-3-14(4-6-15)16-7-8-18-19(12-16)24-11-10-23-18/h3-8,12,17,20-22H,1-2,9-11,13H2. The first kappa shape index (κ1) is 15.5. The molecule has 2 aliphatic heterocycles. The first-order valence-electron chi connectivity index (χ1n) is 8.70. The van der Waals surface area contributed by atoms with Gasteiger partial charge in [-0.2, -0.15) is 0 Å². The van der Waals surface area contributed by atoms with Crippen LogP contribution in [0, 0.1) is 5.92 Å². The van der Waals surface area contributed by atoms with Crippen LogP contribution >= 0.6 is 0 Å². The maximum absolute atomic E-state index is 10.6. The maximum Gasteiger partial charge on any atom is 0.161 e. The van der Waals surface area contributed by atoms with Crippen molar-refractivity contribution in [3.8, 4) is 22.6 Å². The van der Waals surface area contributed by atoms with Crippen molar-refractivity contribution in [2.24, 2.45) is 5.92 Å². The highest BCUT2D eigenvalue weighted by Crippen LogP contribution is 2.35. The van der Waals surface area contributed by atoms with Gasteiger partial charge in [-0.1, -0.05) is 30.3 Å². The highest BCUT2D eigenvalue weighted by atomic mass is 16.6. The molecule has 0 bridgehead atoms. The van der Waals surface area contributed by atoms with Crippen LogP contribution in [0.5, 0.6) is 11.5 Å². The minimum absolute atomic E-state index is 0.305. The minimum atomic E-state index is -0.396. The van der Waals surface area contributed by atoms with Gasteiger partial charge in [-0.3, -0.25) is 0 Å². The highest BCUT2D eigenvalue weighted by molar-refractivity contribution is 5.67. The minimum Gasteiger partial charge on any atom is -0.486 e. The Hall–Kier alpha value is -2.04. The molecule has 1 fully saturated rings. The second-order valence-electron chi connectivity index (χ2n) is 6.53. The lowest BCUT2D eigenvalue weighted by molar-refractivity contribution is 0.0922. The molecule has 0 saturated carbocycles. The number of piperidine rings is 1. The van der Waals surface area contributed by atoms with E-state index in [1.165, 1.54) is 0 Å². The van der Waals surface area contributed by atoms with E-state index >= 15 is 0 Å². The van der Waals surface area contributed by atoms with Crippen LogP contribution < -0.4 is 14.8 Å². The van der Waals surface area contributed by atoms with Gasteiger partial charge in [-0.25, -0.2) is 0 Å². The molecule has 2 unspecified atom stereocenters. The van der Waals surface area contributed by atoms with Crippen LogP contribution in [0.25, 0.3) is 11.1 Å². The molecule has 0 spiro atoms. The van der Waals surface area contributed by atoms with Crippen molar-refractivity contribution in [3.63, 3.8) is 0 Å². The van der Waals surface area contributed by atoms with Gasteiger partial charge in [0.05, 0.1) is 6.10 Å². The highest BCUT2D eigenvalue weighted by Gasteiger charge is 2.22. The Balaban J connectivity index is 1.53. The molecule has 0 aromatic heterocycles. The van der Waals surface area contributed by atoms with E-state index in [2.05, 4.69) is 17.4 Å². The van der Waals surface area contributed by atoms with Crippen molar-refractivity contribution in [1.29, 1.82) is 0 Å². The van der Waals surface area contributed by atoms with E-state index in [0.717, 1.165) is 54.1 Å². The van der Waals surface area contributed by atoms with Gasteiger partial charge in [0, 0.05) is 12.5 Å². The van der Waals surface area contributed by atoms with Gasteiger partial charge in [0.1, 0.15) is 13.2 Å². The van der Waals surface area contributed by atoms with Gasteiger partial charge < -0.3 is 19.9 Å². The third-order valence-corrected chi connectivity index (χ3v) is 4.91. The van der Waals surface area contributed by atoms with Gasteiger partial charge >= 0.3 is 0 Å². The SMILES string of the molecule is OC(c1ccc(-c2ccc3c(c2)OCCO3)cc1)C1CCCNC1. The van der Waals surface area contributed by atoms with E-state index < -0.39 is 6.10 Å². The lowest BCUT2D eigenvalue weighted by Gasteiger charge is -2.27. The van der Waals surface area contributed by atoms with Gasteiger partial charge in [0.15, 0.2) is 11.5 Å². The molecule has 2 aromatic rings. The van der Waals surface area contributed by atoms with Crippen LogP contribution in [-0.2, 0) is 0 Å². The molecule has 2 atom stereocenters. The lowest BCUT2D eigenvalue weighted by atomic mass is 9.89. The van der Waals surface area contributed by atoms with Gasteiger partial charge in [-0.05, 0) is 48.2 Å². The normalized spacial score (nSPS) is 21.3. The van der Waals surface area contributed by atoms with Crippen LogP contribution in [0.1, 0.15) is 24.5 Å². The van der Waals surface area contributed by atoms with E-state index in [0.29, 0.717) is 19.1 Å². The first-order chi connectivity index (χ1) is 11.8. The molecular formula is C20H23NO3. The molecule has 2 aliphatic rings. The van der Waals surface area contributed by atoms with Crippen LogP contribution in [0.2, 0.25) is 0 Å². The quantitative estimate of drug-likeness (QED) is 0.910. The van der Waals surface area contributed by atoms with Crippen molar-refractivity contribution in [1.82, 2.24) is 5.32 Å². The summed E-state index contributed by atoms with van der Waals surface area (Å²) in [6.07, 6.45) is 1.82. The smallest absolute Gasteiger partial charge is 0.161 e. The van der Waals surface area contributed by atoms with Crippen molar-refractivity contribution in [2.45, 2.75) is 18.9 Å². The molecule has 4 nitrogen and oxygen atoms in total. The lowest BCUT2D eigenvalue weighted by Crippen LogP contribution is -2.33. The summed E-state index contributed by atoms with van der Waals surface area (Å²) in [5.41, 5.74) is 3.20. The maximum atomic E-state index is 10.6. The summed E-state index contributed by atoms with van der Waals surface area (Å²) in [4.78, 5) is 0. The van der Waals surface area contributed by atoms with Crippen molar-refractivity contribution in [2.75, 3.05) is 26.3 Å². The zero-order valence-corrected chi connectivity index (χ0v) is 13.7. The number of hydrogen-bond acceptors (Lipinski definition) is 4.